The molecule has 0 amide bonds. The number of furan rings is 1. The van der Waals surface area contributed by atoms with Crippen molar-refractivity contribution in [2.24, 2.45) is 0 Å². The van der Waals surface area contributed by atoms with Crippen LogP contribution in [0.3, 0.4) is 0 Å². The molecule has 3 heterocycles. The van der Waals surface area contributed by atoms with Crippen molar-refractivity contribution in [3.8, 4) is 28.3 Å². The lowest BCUT2D eigenvalue weighted by Gasteiger charge is -2.21. The Morgan fingerprint density at radius 2 is 1.20 bits per heavy atom. The van der Waals surface area contributed by atoms with E-state index in [1.165, 1.54) is 33.0 Å². The van der Waals surface area contributed by atoms with E-state index in [1.807, 2.05) is 18.2 Å². The number of hydrogen-bond acceptors (Lipinski definition) is 3. The molecule has 0 saturated heterocycles. The van der Waals surface area contributed by atoms with E-state index >= 15 is 0 Å². The van der Waals surface area contributed by atoms with Crippen molar-refractivity contribution in [1.82, 2.24) is 14.5 Å². The third kappa shape index (κ3) is 3.31. The van der Waals surface area contributed by atoms with Gasteiger partial charge >= 0.3 is 0 Å². The van der Waals surface area contributed by atoms with E-state index in [0.29, 0.717) is 5.95 Å². The summed E-state index contributed by atoms with van der Waals surface area (Å²) in [6, 6.07) is 45.0. The van der Waals surface area contributed by atoms with Crippen LogP contribution in [0, 0.1) is 0 Å². The number of hydrogen-bond donors (Lipinski definition) is 0. The van der Waals surface area contributed by atoms with Gasteiger partial charge in [0.25, 0.3) is 0 Å². The third-order valence-corrected chi connectivity index (χ3v) is 9.80. The molecule has 0 fully saturated rings. The molecule has 6 aromatic carbocycles. The maximum atomic E-state index is 6.33. The van der Waals surface area contributed by atoms with E-state index in [9.17, 15) is 0 Å². The summed E-state index contributed by atoms with van der Waals surface area (Å²) < 4.78 is 8.58. The van der Waals surface area contributed by atoms with Gasteiger partial charge in [0.1, 0.15) is 11.2 Å². The van der Waals surface area contributed by atoms with Gasteiger partial charge in [-0.15, -0.1) is 0 Å². The Balaban J connectivity index is 1.28. The lowest BCUT2D eigenvalue weighted by Crippen LogP contribution is -2.15. The molecule has 0 N–H and O–H groups in total. The summed E-state index contributed by atoms with van der Waals surface area (Å²) in [5, 5.41) is 5.75. The van der Waals surface area contributed by atoms with Crippen molar-refractivity contribution in [3.05, 3.63) is 139 Å². The second kappa shape index (κ2) is 8.67. The Labute approximate surface area is 259 Å². The number of benzene rings is 6. The van der Waals surface area contributed by atoms with Gasteiger partial charge in [-0.1, -0.05) is 98.8 Å². The largest absolute Gasteiger partial charge is 0.456 e. The van der Waals surface area contributed by atoms with Crippen LogP contribution in [-0.4, -0.2) is 14.5 Å². The maximum absolute atomic E-state index is 6.33. The quantitative estimate of drug-likeness (QED) is 0.205. The van der Waals surface area contributed by atoms with E-state index in [4.69, 9.17) is 14.4 Å². The predicted octanol–water partition coefficient (Wildman–Crippen LogP) is 10.6. The minimum Gasteiger partial charge on any atom is -0.456 e. The van der Waals surface area contributed by atoms with E-state index in [1.54, 1.807) is 0 Å². The topological polar surface area (TPSA) is 43.9 Å². The van der Waals surface area contributed by atoms with E-state index in [2.05, 4.69) is 128 Å². The molecular formula is C41H27N3O. The number of nitrogens with zero attached hydrogens (tertiary/aromatic N) is 3. The Morgan fingerprint density at radius 1 is 0.533 bits per heavy atom. The molecule has 9 aromatic rings. The zero-order valence-electron chi connectivity index (χ0n) is 24.9. The number of aromatic nitrogens is 3. The Morgan fingerprint density at radius 3 is 2.04 bits per heavy atom. The standard InChI is InChI=1S/C41H27N3O/c1-41(2)32-22-36-30(20-28(32)29-21-31-26-15-8-11-19-37(26)45-38(31)23-33(29)41)25-14-7-10-18-35(25)44(36)40-42-34-17-9-6-16-27(34)39(43-40)24-12-4-3-5-13-24/h3-23H,1-2H3. The monoisotopic (exact) mass is 577 g/mol. The fraction of sp³-hybridized carbons (Fsp3) is 0.0732. The van der Waals surface area contributed by atoms with Crippen molar-refractivity contribution in [2.45, 2.75) is 19.3 Å². The van der Waals surface area contributed by atoms with Crippen molar-refractivity contribution in [3.63, 3.8) is 0 Å². The molecule has 0 radical (unpaired) electrons. The molecule has 1 aliphatic carbocycles. The van der Waals surface area contributed by atoms with Crippen LogP contribution in [0.1, 0.15) is 25.0 Å². The van der Waals surface area contributed by atoms with Gasteiger partial charge in [-0.2, -0.15) is 0 Å². The molecule has 10 rings (SSSR count). The maximum Gasteiger partial charge on any atom is 0.235 e. The van der Waals surface area contributed by atoms with Crippen molar-refractivity contribution < 1.29 is 4.42 Å². The van der Waals surface area contributed by atoms with Crippen LogP contribution < -0.4 is 0 Å². The minimum atomic E-state index is -0.216. The van der Waals surface area contributed by atoms with E-state index in [0.717, 1.165) is 55.1 Å². The van der Waals surface area contributed by atoms with Crippen molar-refractivity contribution in [2.75, 3.05) is 0 Å². The first kappa shape index (κ1) is 24.7. The summed E-state index contributed by atoms with van der Waals surface area (Å²) in [5.41, 5.74) is 11.9. The lowest BCUT2D eigenvalue weighted by atomic mass is 9.82. The molecule has 0 spiro atoms. The first-order valence-electron chi connectivity index (χ1n) is 15.4. The van der Waals surface area contributed by atoms with Gasteiger partial charge in [0, 0.05) is 37.9 Å². The Hall–Kier alpha value is -5.74. The van der Waals surface area contributed by atoms with Crippen LogP contribution in [0.5, 0.6) is 0 Å². The van der Waals surface area contributed by atoms with Gasteiger partial charge < -0.3 is 4.42 Å². The summed E-state index contributed by atoms with van der Waals surface area (Å²) in [6.07, 6.45) is 0. The highest BCUT2D eigenvalue weighted by Crippen LogP contribution is 2.52. The van der Waals surface area contributed by atoms with Crippen LogP contribution in [0.15, 0.2) is 132 Å². The van der Waals surface area contributed by atoms with Crippen LogP contribution in [0.25, 0.3) is 83.0 Å². The van der Waals surface area contributed by atoms with Crippen LogP contribution in [0.4, 0.5) is 0 Å². The number of rotatable bonds is 2. The fourth-order valence-corrected chi connectivity index (χ4v) is 7.61. The Kier molecular flexibility index (Phi) is 4.76. The average molecular weight is 578 g/mol. The highest BCUT2D eigenvalue weighted by molar-refractivity contribution is 6.13. The zero-order chi connectivity index (χ0) is 29.9. The molecule has 0 atom stereocenters. The summed E-state index contributed by atoms with van der Waals surface area (Å²) in [4.78, 5) is 10.5. The van der Waals surface area contributed by atoms with E-state index in [-0.39, 0.29) is 5.41 Å². The highest BCUT2D eigenvalue weighted by Gasteiger charge is 2.37. The van der Waals surface area contributed by atoms with Crippen LogP contribution in [0.2, 0.25) is 0 Å². The molecule has 0 aliphatic heterocycles. The van der Waals surface area contributed by atoms with Gasteiger partial charge in [-0.25, -0.2) is 9.97 Å². The highest BCUT2D eigenvalue weighted by atomic mass is 16.3. The number of para-hydroxylation sites is 3. The molecule has 0 unspecified atom stereocenters. The first-order valence-corrected chi connectivity index (χ1v) is 15.4. The summed E-state index contributed by atoms with van der Waals surface area (Å²) >= 11 is 0. The van der Waals surface area contributed by atoms with Gasteiger partial charge in [-0.05, 0) is 64.7 Å². The van der Waals surface area contributed by atoms with Crippen LogP contribution in [-0.2, 0) is 5.41 Å². The molecule has 212 valence electrons. The summed E-state index contributed by atoms with van der Waals surface area (Å²) in [6.45, 7) is 4.65. The fourth-order valence-electron chi connectivity index (χ4n) is 7.61. The van der Waals surface area contributed by atoms with Gasteiger partial charge in [0.2, 0.25) is 5.95 Å². The van der Waals surface area contributed by atoms with Crippen LogP contribution >= 0.6 is 0 Å². The van der Waals surface area contributed by atoms with Crippen molar-refractivity contribution >= 4 is 54.6 Å². The second-order valence-corrected chi connectivity index (χ2v) is 12.6. The van der Waals surface area contributed by atoms with E-state index < -0.39 is 0 Å². The van der Waals surface area contributed by atoms with Gasteiger partial charge in [0.15, 0.2) is 0 Å². The summed E-state index contributed by atoms with van der Waals surface area (Å²) in [5.74, 6) is 0.677. The lowest BCUT2D eigenvalue weighted by molar-refractivity contribution is 0.647. The molecule has 4 heteroatoms. The number of fused-ring (bicyclic) bond motifs is 10. The zero-order valence-corrected chi connectivity index (χ0v) is 24.9. The third-order valence-electron chi connectivity index (χ3n) is 9.80. The molecule has 45 heavy (non-hydrogen) atoms. The first-order chi connectivity index (χ1) is 22.1. The molecule has 0 saturated carbocycles. The van der Waals surface area contributed by atoms with Gasteiger partial charge in [0.05, 0.1) is 22.2 Å². The SMILES string of the molecule is CC1(C)c2cc3oc4ccccc4c3cc2-c2cc3c4ccccc4n(-c4nc(-c5ccccc5)c5ccccc5n4)c3cc21. The minimum absolute atomic E-state index is 0.216. The molecule has 0 bridgehead atoms. The summed E-state index contributed by atoms with van der Waals surface area (Å²) in [7, 11) is 0. The Bertz CT molecular complexity index is 2680. The molecule has 3 aromatic heterocycles. The average Bonchev–Trinajstić information content (AvgIpc) is 3.68. The van der Waals surface area contributed by atoms with Crippen molar-refractivity contribution in [1.29, 1.82) is 0 Å². The molecule has 4 nitrogen and oxygen atoms in total. The predicted molar refractivity (Wildman–Crippen MR) is 184 cm³/mol. The normalized spacial score (nSPS) is 13.7. The molecule has 1 aliphatic rings. The van der Waals surface area contributed by atoms with Gasteiger partial charge in [-0.3, -0.25) is 4.57 Å². The molecular weight excluding hydrogens is 550 g/mol. The smallest absolute Gasteiger partial charge is 0.235 e. The second-order valence-electron chi connectivity index (χ2n) is 12.6.